The number of hydrogen-bond donors (Lipinski definition) is 1. The van der Waals surface area contributed by atoms with Gasteiger partial charge in [-0.25, -0.2) is 9.36 Å². The van der Waals surface area contributed by atoms with Crippen LogP contribution in [0.3, 0.4) is 0 Å². The van der Waals surface area contributed by atoms with Crippen molar-refractivity contribution in [2.45, 2.75) is 20.0 Å². The number of ether oxygens (including phenoxy) is 1. The molecular weight excluding hydrogens is 334 g/mol. The molecule has 0 bridgehead atoms. The first-order valence-electron chi connectivity index (χ1n) is 8.23. The molecule has 0 aliphatic heterocycles. The molecule has 0 amide bonds. The first kappa shape index (κ1) is 17.5. The lowest BCUT2D eigenvalue weighted by Crippen LogP contribution is -2.42. The van der Waals surface area contributed by atoms with Gasteiger partial charge in [-0.2, -0.15) is 0 Å². The molecule has 0 atom stereocenters. The standard InChI is InChI=1S/C19H19N3O4/c1-2-26-17(23)12-22-18(24)15-8-3-4-9-16(15)21(19(22)25)11-13-6-5-7-14(20)10-13/h3-10H,2,11-12,20H2,1H3. The van der Waals surface area contributed by atoms with Gasteiger partial charge in [0, 0.05) is 5.69 Å². The number of nitrogens with zero attached hydrogens (tertiary/aromatic N) is 2. The molecule has 0 unspecified atom stereocenters. The second-order valence-electron chi connectivity index (χ2n) is 5.83. The first-order valence-corrected chi connectivity index (χ1v) is 8.23. The topological polar surface area (TPSA) is 96.3 Å². The van der Waals surface area contributed by atoms with Crippen LogP contribution in [0, 0.1) is 0 Å². The number of carbonyl (C=O) groups excluding carboxylic acids is 1. The molecule has 2 aromatic carbocycles. The van der Waals surface area contributed by atoms with Gasteiger partial charge in [0.25, 0.3) is 5.56 Å². The fourth-order valence-electron chi connectivity index (χ4n) is 2.87. The Hall–Kier alpha value is -3.35. The Morgan fingerprint density at radius 3 is 2.58 bits per heavy atom. The van der Waals surface area contributed by atoms with Crippen molar-refractivity contribution in [1.82, 2.24) is 9.13 Å². The molecule has 3 rings (SSSR count). The van der Waals surface area contributed by atoms with Crippen molar-refractivity contribution in [3.63, 3.8) is 0 Å². The summed E-state index contributed by atoms with van der Waals surface area (Å²) in [5.41, 5.74) is 6.64. The summed E-state index contributed by atoms with van der Waals surface area (Å²) in [6.07, 6.45) is 0. The number of para-hydroxylation sites is 1. The number of aromatic nitrogens is 2. The molecule has 0 radical (unpaired) electrons. The van der Waals surface area contributed by atoms with E-state index >= 15 is 0 Å². The maximum Gasteiger partial charge on any atom is 0.332 e. The lowest BCUT2D eigenvalue weighted by atomic mass is 10.2. The van der Waals surface area contributed by atoms with Crippen molar-refractivity contribution in [3.8, 4) is 0 Å². The zero-order valence-corrected chi connectivity index (χ0v) is 14.3. The third kappa shape index (κ3) is 3.37. The summed E-state index contributed by atoms with van der Waals surface area (Å²) in [6, 6.07) is 14.0. The summed E-state index contributed by atoms with van der Waals surface area (Å²) >= 11 is 0. The van der Waals surface area contributed by atoms with E-state index in [-0.39, 0.29) is 13.2 Å². The van der Waals surface area contributed by atoms with E-state index in [9.17, 15) is 14.4 Å². The number of carbonyl (C=O) groups is 1. The summed E-state index contributed by atoms with van der Waals surface area (Å²) in [6.45, 7) is 1.65. The van der Waals surface area contributed by atoms with Crippen molar-refractivity contribution in [2.75, 3.05) is 12.3 Å². The Morgan fingerprint density at radius 2 is 1.85 bits per heavy atom. The normalized spacial score (nSPS) is 10.8. The number of hydrogen-bond acceptors (Lipinski definition) is 5. The Kier molecular flexibility index (Phi) is 4.88. The molecule has 0 saturated heterocycles. The fraction of sp³-hybridized carbons (Fsp3) is 0.211. The lowest BCUT2D eigenvalue weighted by molar-refractivity contribution is -0.143. The maximum atomic E-state index is 12.9. The largest absolute Gasteiger partial charge is 0.465 e. The molecule has 3 aromatic rings. The minimum Gasteiger partial charge on any atom is -0.465 e. The van der Waals surface area contributed by atoms with Gasteiger partial charge < -0.3 is 10.5 Å². The van der Waals surface area contributed by atoms with Crippen molar-refractivity contribution in [3.05, 3.63) is 74.9 Å². The van der Waals surface area contributed by atoms with Crippen molar-refractivity contribution < 1.29 is 9.53 Å². The van der Waals surface area contributed by atoms with E-state index in [1.165, 1.54) is 4.57 Å². The highest BCUT2D eigenvalue weighted by Gasteiger charge is 2.16. The highest BCUT2D eigenvalue weighted by molar-refractivity contribution is 5.78. The molecule has 2 N–H and O–H groups in total. The maximum absolute atomic E-state index is 12.9. The first-order chi connectivity index (χ1) is 12.5. The van der Waals surface area contributed by atoms with Crippen LogP contribution in [-0.2, 0) is 22.6 Å². The number of rotatable bonds is 5. The molecule has 1 aromatic heterocycles. The molecule has 0 aliphatic carbocycles. The van der Waals surface area contributed by atoms with Crippen LogP contribution >= 0.6 is 0 Å². The number of benzene rings is 2. The van der Waals surface area contributed by atoms with Gasteiger partial charge >= 0.3 is 11.7 Å². The molecule has 0 spiro atoms. The highest BCUT2D eigenvalue weighted by atomic mass is 16.5. The fourth-order valence-corrected chi connectivity index (χ4v) is 2.87. The van der Waals surface area contributed by atoms with Gasteiger partial charge in [-0.15, -0.1) is 0 Å². The van der Waals surface area contributed by atoms with Gasteiger partial charge in [0.05, 0.1) is 24.1 Å². The second kappa shape index (κ2) is 7.26. The zero-order valence-electron chi connectivity index (χ0n) is 14.3. The number of nitrogen functional groups attached to an aromatic ring is 1. The van der Waals surface area contributed by atoms with Crippen LogP contribution in [0.25, 0.3) is 10.9 Å². The minimum absolute atomic E-state index is 0.179. The van der Waals surface area contributed by atoms with Gasteiger partial charge in [-0.3, -0.25) is 14.2 Å². The summed E-state index contributed by atoms with van der Waals surface area (Å²) in [5, 5.41) is 0.361. The minimum atomic E-state index is -0.627. The monoisotopic (exact) mass is 353 g/mol. The van der Waals surface area contributed by atoms with Crippen molar-refractivity contribution >= 4 is 22.6 Å². The smallest absolute Gasteiger partial charge is 0.332 e. The highest BCUT2D eigenvalue weighted by Crippen LogP contribution is 2.12. The summed E-state index contributed by atoms with van der Waals surface area (Å²) < 4.78 is 7.25. The van der Waals surface area contributed by atoms with E-state index in [1.807, 2.05) is 6.07 Å². The van der Waals surface area contributed by atoms with Gasteiger partial charge in [-0.05, 0) is 36.8 Å². The van der Waals surface area contributed by atoms with Crippen LogP contribution in [0.4, 0.5) is 5.69 Å². The van der Waals surface area contributed by atoms with Gasteiger partial charge in [0.2, 0.25) is 0 Å². The van der Waals surface area contributed by atoms with Crippen molar-refractivity contribution in [1.29, 1.82) is 0 Å². The molecule has 0 aliphatic rings. The summed E-state index contributed by atoms with van der Waals surface area (Å²) in [7, 11) is 0. The van der Waals surface area contributed by atoms with Crippen LogP contribution in [-0.4, -0.2) is 21.7 Å². The number of esters is 1. The van der Waals surface area contributed by atoms with Gasteiger partial charge in [-0.1, -0.05) is 24.3 Å². The van der Waals surface area contributed by atoms with Crippen LogP contribution in [0.1, 0.15) is 12.5 Å². The van der Waals surface area contributed by atoms with E-state index < -0.39 is 23.8 Å². The Labute approximate surface area is 149 Å². The number of nitrogens with two attached hydrogens (primary N) is 1. The van der Waals surface area contributed by atoms with Gasteiger partial charge in [0.1, 0.15) is 6.54 Å². The molecule has 7 heteroatoms. The summed E-state index contributed by atoms with van der Waals surface area (Å²) in [4.78, 5) is 37.4. The Balaban J connectivity index is 2.19. The molecule has 0 saturated carbocycles. The third-order valence-electron chi connectivity index (χ3n) is 4.02. The van der Waals surface area contributed by atoms with Crippen LogP contribution in [0.15, 0.2) is 58.1 Å². The van der Waals surface area contributed by atoms with Gasteiger partial charge in [0.15, 0.2) is 0 Å². The van der Waals surface area contributed by atoms with Crippen LogP contribution in [0.2, 0.25) is 0 Å². The van der Waals surface area contributed by atoms with E-state index in [2.05, 4.69) is 0 Å². The molecule has 1 heterocycles. The van der Waals surface area contributed by atoms with Crippen LogP contribution < -0.4 is 17.0 Å². The zero-order chi connectivity index (χ0) is 18.7. The number of fused-ring (bicyclic) bond motifs is 1. The quantitative estimate of drug-likeness (QED) is 0.552. The third-order valence-corrected chi connectivity index (χ3v) is 4.02. The molecule has 0 fully saturated rings. The second-order valence-corrected chi connectivity index (χ2v) is 5.83. The lowest BCUT2D eigenvalue weighted by Gasteiger charge is -2.14. The average molecular weight is 353 g/mol. The average Bonchev–Trinajstić information content (AvgIpc) is 2.62. The SMILES string of the molecule is CCOC(=O)Cn1c(=O)c2ccccc2n(Cc2cccc(N)c2)c1=O. The van der Waals surface area contributed by atoms with E-state index in [0.29, 0.717) is 16.6 Å². The van der Waals surface area contributed by atoms with Crippen LogP contribution in [0.5, 0.6) is 0 Å². The molecule has 7 nitrogen and oxygen atoms in total. The molecule has 134 valence electrons. The van der Waals surface area contributed by atoms with E-state index in [4.69, 9.17) is 10.5 Å². The van der Waals surface area contributed by atoms with Crippen molar-refractivity contribution in [2.24, 2.45) is 0 Å². The Bertz CT molecular complexity index is 1080. The van der Waals surface area contributed by atoms with E-state index in [0.717, 1.165) is 10.1 Å². The summed E-state index contributed by atoms with van der Waals surface area (Å²) in [5.74, 6) is -0.627. The molecule has 26 heavy (non-hydrogen) atoms. The number of anilines is 1. The predicted octanol–water partition coefficient (Wildman–Crippen LogP) is 1.36. The Morgan fingerprint density at radius 1 is 1.08 bits per heavy atom. The van der Waals surface area contributed by atoms with E-state index in [1.54, 1.807) is 49.4 Å². The molecular formula is C19H19N3O4. The predicted molar refractivity (Wildman–Crippen MR) is 99.1 cm³/mol.